The van der Waals surface area contributed by atoms with E-state index in [-0.39, 0.29) is 6.04 Å². The van der Waals surface area contributed by atoms with Crippen molar-refractivity contribution >= 4 is 11.8 Å². The van der Waals surface area contributed by atoms with Crippen molar-refractivity contribution in [2.75, 3.05) is 13.1 Å². The first kappa shape index (κ1) is 14.2. The molecule has 0 bridgehead atoms. The number of benzene rings is 1. The van der Waals surface area contributed by atoms with Gasteiger partial charge < -0.3 is 16.4 Å². The predicted molar refractivity (Wildman–Crippen MR) is 69.8 cm³/mol. The maximum Gasteiger partial charge on any atom is 0.309 e. The van der Waals surface area contributed by atoms with Crippen molar-refractivity contribution < 1.29 is 9.59 Å². The molecule has 0 aliphatic rings. The first-order valence-corrected chi connectivity index (χ1v) is 5.96. The zero-order valence-electron chi connectivity index (χ0n) is 10.5. The van der Waals surface area contributed by atoms with Crippen molar-refractivity contribution in [1.82, 2.24) is 10.6 Å². The van der Waals surface area contributed by atoms with Gasteiger partial charge in [0.1, 0.15) is 0 Å². The molecule has 5 nitrogen and oxygen atoms in total. The van der Waals surface area contributed by atoms with E-state index in [0.29, 0.717) is 19.5 Å². The zero-order chi connectivity index (χ0) is 13.4. The van der Waals surface area contributed by atoms with Gasteiger partial charge in [0.25, 0.3) is 0 Å². The van der Waals surface area contributed by atoms with Gasteiger partial charge in [-0.15, -0.1) is 0 Å². The van der Waals surface area contributed by atoms with Crippen LogP contribution in [0.1, 0.15) is 12.5 Å². The van der Waals surface area contributed by atoms with E-state index in [2.05, 4.69) is 10.6 Å². The third-order valence-electron chi connectivity index (χ3n) is 2.40. The number of hydrogen-bond acceptors (Lipinski definition) is 3. The number of amides is 2. The van der Waals surface area contributed by atoms with E-state index in [4.69, 9.17) is 5.73 Å². The van der Waals surface area contributed by atoms with Crippen LogP contribution in [0.4, 0.5) is 0 Å². The van der Waals surface area contributed by atoms with Crippen molar-refractivity contribution in [3.8, 4) is 0 Å². The fourth-order valence-electron chi connectivity index (χ4n) is 1.57. The maximum absolute atomic E-state index is 11.5. The third kappa shape index (κ3) is 4.97. The lowest BCUT2D eigenvalue weighted by Crippen LogP contribution is -2.45. The molecule has 0 saturated heterocycles. The lowest BCUT2D eigenvalue weighted by atomic mass is 10.1. The smallest absolute Gasteiger partial charge is 0.309 e. The Morgan fingerprint density at radius 1 is 1.22 bits per heavy atom. The quantitative estimate of drug-likeness (QED) is 0.632. The fourth-order valence-corrected chi connectivity index (χ4v) is 1.57. The number of hydrogen-bond donors (Lipinski definition) is 3. The summed E-state index contributed by atoms with van der Waals surface area (Å²) in [6.07, 6.45) is 0.691. The van der Waals surface area contributed by atoms with Crippen LogP contribution >= 0.6 is 0 Å². The highest BCUT2D eigenvalue weighted by molar-refractivity contribution is 6.35. The van der Waals surface area contributed by atoms with E-state index < -0.39 is 11.8 Å². The molecule has 0 spiro atoms. The summed E-state index contributed by atoms with van der Waals surface area (Å²) in [6.45, 7) is 2.49. The summed E-state index contributed by atoms with van der Waals surface area (Å²) >= 11 is 0. The first-order valence-electron chi connectivity index (χ1n) is 5.96. The van der Waals surface area contributed by atoms with E-state index in [1.165, 1.54) is 0 Å². The van der Waals surface area contributed by atoms with E-state index in [1.807, 2.05) is 37.3 Å². The minimum atomic E-state index is -0.639. The Hall–Kier alpha value is -1.88. The van der Waals surface area contributed by atoms with Gasteiger partial charge in [-0.2, -0.15) is 0 Å². The standard InChI is InChI=1S/C13H19N3O2/c1-10(9-11-5-3-2-4-6-11)16-13(18)12(17)15-8-7-14/h2-6,10H,7-9,14H2,1H3,(H,15,17)(H,16,18). The largest absolute Gasteiger partial charge is 0.347 e. The summed E-state index contributed by atoms with van der Waals surface area (Å²) in [6, 6.07) is 9.69. The van der Waals surface area contributed by atoms with Gasteiger partial charge >= 0.3 is 11.8 Å². The highest BCUT2D eigenvalue weighted by Crippen LogP contribution is 2.02. The predicted octanol–water partition coefficient (Wildman–Crippen LogP) is -0.191. The van der Waals surface area contributed by atoms with Gasteiger partial charge in [-0.05, 0) is 18.9 Å². The zero-order valence-corrected chi connectivity index (χ0v) is 10.5. The van der Waals surface area contributed by atoms with Crippen molar-refractivity contribution in [2.24, 2.45) is 5.73 Å². The molecule has 1 aromatic rings. The molecule has 0 heterocycles. The molecule has 0 radical (unpaired) electrons. The summed E-state index contributed by atoms with van der Waals surface area (Å²) in [5, 5.41) is 5.07. The molecule has 1 atom stereocenters. The second-order valence-electron chi connectivity index (χ2n) is 4.11. The molecule has 18 heavy (non-hydrogen) atoms. The molecule has 4 N–H and O–H groups in total. The number of rotatable bonds is 5. The Bertz CT molecular complexity index is 392. The van der Waals surface area contributed by atoms with Gasteiger partial charge in [0.05, 0.1) is 0 Å². The highest BCUT2D eigenvalue weighted by Gasteiger charge is 2.15. The molecule has 1 aromatic carbocycles. The van der Waals surface area contributed by atoms with Crippen LogP contribution in [0.5, 0.6) is 0 Å². The second-order valence-corrected chi connectivity index (χ2v) is 4.11. The van der Waals surface area contributed by atoms with Gasteiger partial charge in [0, 0.05) is 19.1 Å². The van der Waals surface area contributed by atoms with E-state index in [9.17, 15) is 9.59 Å². The van der Waals surface area contributed by atoms with Crippen LogP contribution in [0.3, 0.4) is 0 Å². The SMILES string of the molecule is CC(Cc1ccccc1)NC(=O)C(=O)NCCN. The fraction of sp³-hybridized carbons (Fsp3) is 0.385. The summed E-state index contributed by atoms with van der Waals surface area (Å²) in [5.41, 5.74) is 6.35. The number of carbonyl (C=O) groups is 2. The van der Waals surface area contributed by atoms with Gasteiger partial charge in [-0.1, -0.05) is 30.3 Å². The Balaban J connectivity index is 2.38. The molecule has 5 heteroatoms. The minimum absolute atomic E-state index is 0.0940. The van der Waals surface area contributed by atoms with Crippen LogP contribution in [0, 0.1) is 0 Å². The van der Waals surface area contributed by atoms with Crippen molar-refractivity contribution in [2.45, 2.75) is 19.4 Å². The van der Waals surface area contributed by atoms with Gasteiger partial charge in [0.2, 0.25) is 0 Å². The lowest BCUT2D eigenvalue weighted by Gasteiger charge is -2.13. The van der Waals surface area contributed by atoms with E-state index in [0.717, 1.165) is 5.56 Å². The van der Waals surface area contributed by atoms with Crippen LogP contribution in [-0.2, 0) is 16.0 Å². The van der Waals surface area contributed by atoms with Crippen LogP contribution in [0.25, 0.3) is 0 Å². The summed E-state index contributed by atoms with van der Waals surface area (Å²) < 4.78 is 0. The molecule has 1 rings (SSSR count). The van der Waals surface area contributed by atoms with Crippen molar-refractivity contribution in [1.29, 1.82) is 0 Å². The normalized spacial score (nSPS) is 11.7. The maximum atomic E-state index is 11.5. The number of nitrogens with one attached hydrogen (secondary N) is 2. The highest BCUT2D eigenvalue weighted by atomic mass is 16.2. The molecule has 0 saturated carbocycles. The van der Waals surface area contributed by atoms with Crippen LogP contribution in [0.2, 0.25) is 0 Å². The summed E-state index contributed by atoms with van der Waals surface area (Å²) in [5.74, 6) is -1.26. The lowest BCUT2D eigenvalue weighted by molar-refractivity contribution is -0.139. The Kier molecular flexibility index (Phi) is 5.87. The third-order valence-corrected chi connectivity index (χ3v) is 2.40. The molecule has 0 aromatic heterocycles. The van der Waals surface area contributed by atoms with Crippen molar-refractivity contribution in [3.63, 3.8) is 0 Å². The van der Waals surface area contributed by atoms with Crippen molar-refractivity contribution in [3.05, 3.63) is 35.9 Å². The van der Waals surface area contributed by atoms with Gasteiger partial charge in [-0.3, -0.25) is 9.59 Å². The second kappa shape index (κ2) is 7.45. The molecule has 1 unspecified atom stereocenters. The Morgan fingerprint density at radius 3 is 2.50 bits per heavy atom. The molecule has 0 aliphatic carbocycles. The van der Waals surface area contributed by atoms with E-state index >= 15 is 0 Å². The minimum Gasteiger partial charge on any atom is -0.347 e. The molecule has 2 amide bonds. The Morgan fingerprint density at radius 2 is 1.89 bits per heavy atom. The summed E-state index contributed by atoms with van der Waals surface area (Å²) in [4.78, 5) is 22.8. The van der Waals surface area contributed by atoms with Crippen LogP contribution in [0.15, 0.2) is 30.3 Å². The monoisotopic (exact) mass is 249 g/mol. The number of nitrogens with two attached hydrogens (primary N) is 1. The first-order chi connectivity index (χ1) is 8.63. The van der Waals surface area contributed by atoms with E-state index in [1.54, 1.807) is 0 Å². The number of carbonyl (C=O) groups excluding carboxylic acids is 2. The molecular weight excluding hydrogens is 230 g/mol. The van der Waals surface area contributed by atoms with Crippen LogP contribution in [-0.4, -0.2) is 30.9 Å². The molecular formula is C13H19N3O2. The molecule has 98 valence electrons. The summed E-state index contributed by atoms with van der Waals surface area (Å²) in [7, 11) is 0. The topological polar surface area (TPSA) is 84.2 Å². The molecule has 0 fully saturated rings. The molecule has 0 aliphatic heterocycles. The van der Waals surface area contributed by atoms with Crippen LogP contribution < -0.4 is 16.4 Å². The van der Waals surface area contributed by atoms with Gasteiger partial charge in [-0.25, -0.2) is 0 Å². The average Bonchev–Trinajstić information content (AvgIpc) is 2.36. The van der Waals surface area contributed by atoms with Gasteiger partial charge in [0.15, 0.2) is 0 Å². The average molecular weight is 249 g/mol. The Labute approximate surface area is 107 Å².